The molecule has 0 saturated heterocycles. The molecule has 0 fully saturated rings. The van der Waals surface area contributed by atoms with Crippen molar-refractivity contribution < 1.29 is 48.9 Å². The number of allylic oxidation sites excluding steroid dienone is 8. The standard InChI is InChI=1S/2C14H16Cl2F2NO.2C5H5.Ti/c2*1-9(19-13(20)14(2,7-15)8-16)5-10-3-4-11(17)6-12(10)18;2*1-2-4-5-3-1;/h2*3-4,9H,5,7-8H2,1-2H3,(H,19,20);2*1-3H,4H2;/q4*-1;+4. The predicted molar refractivity (Wildman–Crippen MR) is 195 cm³/mol. The van der Waals surface area contributed by atoms with Crippen LogP contribution in [0.4, 0.5) is 17.6 Å². The van der Waals surface area contributed by atoms with Crippen molar-refractivity contribution in [2.24, 2.45) is 10.8 Å². The largest absolute Gasteiger partial charge is 4.00 e. The van der Waals surface area contributed by atoms with Crippen LogP contribution in [-0.4, -0.2) is 47.4 Å². The van der Waals surface area contributed by atoms with E-state index in [1.165, 1.54) is 12.1 Å². The molecule has 2 amide bonds. The SMILES string of the molecule is CC(Cc1ccc(F)[c-]c1F)NC(=O)C(C)(CCl)CCl.CC(Cc1ccc(F)[c-]c1F)NC(=O)C(C)(CCl)CCl.[C-]1=CC=CC1.[C-]1=CC=CC1.[Ti+4]. The molecule has 4 nitrogen and oxygen atoms in total. The van der Waals surface area contributed by atoms with Crippen LogP contribution in [0.2, 0.25) is 0 Å². The number of rotatable bonds is 12. The maximum absolute atomic E-state index is 13.5. The van der Waals surface area contributed by atoms with Crippen molar-refractivity contribution in [2.45, 2.75) is 65.5 Å². The van der Waals surface area contributed by atoms with E-state index >= 15 is 0 Å². The molecule has 0 bridgehead atoms. The summed E-state index contributed by atoms with van der Waals surface area (Å²) in [7, 11) is 0. The van der Waals surface area contributed by atoms with E-state index in [1.54, 1.807) is 27.7 Å². The summed E-state index contributed by atoms with van der Waals surface area (Å²) in [5.41, 5.74) is -1.16. The molecule has 0 aromatic heterocycles. The second kappa shape index (κ2) is 25.8. The fraction of sp³-hybridized carbons (Fsp3) is 0.421. The Kier molecular flexibility index (Phi) is 24.8. The van der Waals surface area contributed by atoms with Gasteiger partial charge in [0.25, 0.3) is 0 Å². The number of alkyl halides is 4. The molecule has 51 heavy (non-hydrogen) atoms. The van der Waals surface area contributed by atoms with Gasteiger partial charge in [0.1, 0.15) is 0 Å². The van der Waals surface area contributed by atoms with Gasteiger partial charge in [0.15, 0.2) is 0 Å². The van der Waals surface area contributed by atoms with Crippen LogP contribution in [0.3, 0.4) is 0 Å². The van der Waals surface area contributed by atoms with Crippen molar-refractivity contribution in [3.05, 3.63) is 119 Å². The molecule has 276 valence electrons. The first-order valence-corrected chi connectivity index (χ1v) is 17.8. The predicted octanol–water partition coefficient (Wildman–Crippen LogP) is 9.20. The number of hydrogen-bond acceptors (Lipinski definition) is 2. The zero-order valence-electron chi connectivity index (χ0n) is 28.9. The summed E-state index contributed by atoms with van der Waals surface area (Å²) in [5.74, 6) is -3.21. The molecule has 0 saturated carbocycles. The molecule has 4 rings (SSSR count). The number of hydrogen-bond donors (Lipinski definition) is 2. The molecule has 2 N–H and O–H groups in total. The Bertz CT molecular complexity index is 1350. The van der Waals surface area contributed by atoms with E-state index in [0.29, 0.717) is 0 Å². The molecule has 0 aliphatic heterocycles. The maximum atomic E-state index is 13.5. The zero-order valence-corrected chi connectivity index (χ0v) is 33.5. The average Bonchev–Trinajstić information content (AvgIpc) is 3.87. The van der Waals surface area contributed by atoms with Gasteiger partial charge in [-0.15, -0.1) is 94.6 Å². The Balaban J connectivity index is 0.000000754. The smallest absolute Gasteiger partial charge is 0.354 e. The molecule has 0 spiro atoms. The van der Waals surface area contributed by atoms with Crippen molar-refractivity contribution in [2.75, 3.05) is 23.5 Å². The molecule has 2 aromatic carbocycles. The number of amides is 2. The number of carbonyl (C=O) groups excluding carboxylic acids is 2. The fourth-order valence-electron chi connectivity index (χ4n) is 3.82. The third-order valence-electron chi connectivity index (χ3n) is 7.14. The topological polar surface area (TPSA) is 58.2 Å². The molecular weight excluding hydrogens is 782 g/mol. The summed E-state index contributed by atoms with van der Waals surface area (Å²) in [4.78, 5) is 24.1. The van der Waals surface area contributed by atoms with Crippen LogP contribution >= 0.6 is 46.4 Å². The van der Waals surface area contributed by atoms with E-state index in [1.807, 2.05) is 36.4 Å². The molecule has 2 aliphatic rings. The molecule has 2 aromatic rings. The fourth-order valence-corrected chi connectivity index (χ4v) is 4.87. The number of benzene rings is 2. The minimum Gasteiger partial charge on any atom is -0.354 e. The summed E-state index contributed by atoms with van der Waals surface area (Å²) in [6.45, 7) is 6.76. The summed E-state index contributed by atoms with van der Waals surface area (Å²) >= 11 is 23.0. The van der Waals surface area contributed by atoms with Gasteiger partial charge in [0, 0.05) is 58.9 Å². The van der Waals surface area contributed by atoms with Gasteiger partial charge in [-0.1, -0.05) is 12.8 Å². The van der Waals surface area contributed by atoms with Crippen molar-refractivity contribution in [3.63, 3.8) is 0 Å². The second-order valence-corrected chi connectivity index (χ2v) is 13.2. The monoisotopic (exact) mass is 822 g/mol. The van der Waals surface area contributed by atoms with E-state index in [4.69, 9.17) is 46.4 Å². The summed E-state index contributed by atoms with van der Waals surface area (Å²) in [6.07, 6.45) is 20.5. The van der Waals surface area contributed by atoms with Crippen LogP contribution < -0.4 is 10.6 Å². The number of halogens is 8. The molecule has 0 radical (unpaired) electrons. The first-order valence-electron chi connectivity index (χ1n) is 15.7. The van der Waals surface area contributed by atoms with Gasteiger partial charge in [-0.2, -0.15) is 24.3 Å². The Morgan fingerprint density at radius 1 is 0.686 bits per heavy atom. The molecule has 2 unspecified atom stereocenters. The molecule has 2 atom stereocenters. The van der Waals surface area contributed by atoms with E-state index in [-0.39, 0.29) is 93.1 Å². The Labute approximate surface area is 335 Å². The van der Waals surface area contributed by atoms with Gasteiger partial charge < -0.3 is 10.6 Å². The zero-order chi connectivity index (χ0) is 37.7. The maximum Gasteiger partial charge on any atom is 4.00 e. The van der Waals surface area contributed by atoms with Crippen LogP contribution in [0, 0.1) is 58.4 Å². The van der Waals surface area contributed by atoms with E-state index < -0.39 is 34.1 Å². The Morgan fingerprint density at radius 3 is 1.24 bits per heavy atom. The molecule has 0 heterocycles. The van der Waals surface area contributed by atoms with Gasteiger partial charge in [-0.05, 0) is 27.7 Å². The number of nitrogens with one attached hydrogen (secondary N) is 2. The van der Waals surface area contributed by atoms with Crippen LogP contribution in [0.5, 0.6) is 0 Å². The van der Waals surface area contributed by atoms with Crippen LogP contribution in [0.25, 0.3) is 0 Å². The van der Waals surface area contributed by atoms with E-state index in [9.17, 15) is 27.2 Å². The molecule has 2 aliphatic carbocycles. The summed E-state index contributed by atoms with van der Waals surface area (Å²) < 4.78 is 52.4. The Hall–Kier alpha value is -2.07. The van der Waals surface area contributed by atoms with Gasteiger partial charge in [-0.3, -0.25) is 21.7 Å². The van der Waals surface area contributed by atoms with Gasteiger partial charge in [0.2, 0.25) is 11.8 Å². The van der Waals surface area contributed by atoms with Crippen molar-refractivity contribution in [1.29, 1.82) is 0 Å². The van der Waals surface area contributed by atoms with E-state index in [0.717, 1.165) is 25.0 Å². The Morgan fingerprint density at radius 2 is 1.02 bits per heavy atom. The average molecular weight is 824 g/mol. The second-order valence-electron chi connectivity index (χ2n) is 12.1. The minimum atomic E-state index is -0.870. The summed E-state index contributed by atoms with van der Waals surface area (Å²) in [5, 5.41) is 5.46. The van der Waals surface area contributed by atoms with Crippen LogP contribution in [0.15, 0.2) is 60.7 Å². The minimum absolute atomic E-state index is 0. The quantitative estimate of drug-likeness (QED) is 0.0972. The first-order chi connectivity index (χ1) is 23.6. The first kappa shape index (κ1) is 48.9. The third-order valence-corrected chi connectivity index (χ3v) is 9.50. The van der Waals surface area contributed by atoms with E-state index in [2.05, 4.69) is 34.9 Å². The third kappa shape index (κ3) is 18.5. The van der Waals surface area contributed by atoms with Gasteiger partial charge >= 0.3 is 21.7 Å². The summed E-state index contributed by atoms with van der Waals surface area (Å²) in [6, 6.07) is 8.21. The van der Waals surface area contributed by atoms with Crippen LogP contribution in [0.1, 0.15) is 51.7 Å². The normalized spacial score (nSPS) is 13.7. The number of carbonyl (C=O) groups is 2. The van der Waals surface area contributed by atoms with Gasteiger partial charge in [-0.25, -0.2) is 41.9 Å². The van der Waals surface area contributed by atoms with Crippen molar-refractivity contribution >= 4 is 58.2 Å². The van der Waals surface area contributed by atoms with Crippen molar-refractivity contribution in [1.82, 2.24) is 10.6 Å². The molecular formula is C38H42Cl4F4N2O2Ti. The van der Waals surface area contributed by atoms with Crippen molar-refractivity contribution in [3.8, 4) is 0 Å². The van der Waals surface area contributed by atoms with Crippen LogP contribution in [-0.2, 0) is 44.1 Å². The molecule has 13 heteroatoms. The van der Waals surface area contributed by atoms with Gasteiger partial charge in [0.05, 0.1) is 10.8 Å².